The van der Waals surface area contributed by atoms with Crippen LogP contribution >= 0.6 is 0 Å². The summed E-state index contributed by atoms with van der Waals surface area (Å²) < 4.78 is 0. The molecule has 0 amide bonds. The average molecular weight is 238 g/mol. The van der Waals surface area contributed by atoms with E-state index in [1.165, 1.54) is 38.6 Å². The molecule has 0 aromatic heterocycles. The zero-order valence-corrected chi connectivity index (χ0v) is 12.1. The summed E-state index contributed by atoms with van der Waals surface area (Å²) in [6, 6.07) is 1.64. The first kappa shape index (κ1) is 13.4. The lowest BCUT2D eigenvalue weighted by molar-refractivity contribution is 0.0528. The van der Waals surface area contributed by atoms with Crippen LogP contribution in [0.3, 0.4) is 0 Å². The first-order chi connectivity index (χ1) is 7.89. The molecule has 2 saturated carbocycles. The van der Waals surface area contributed by atoms with Crippen LogP contribution in [0.5, 0.6) is 0 Å². The van der Waals surface area contributed by atoms with Crippen molar-refractivity contribution in [1.82, 2.24) is 4.90 Å². The first-order valence-corrected chi connectivity index (χ1v) is 7.40. The van der Waals surface area contributed by atoms with Crippen LogP contribution in [0.15, 0.2) is 0 Å². The summed E-state index contributed by atoms with van der Waals surface area (Å²) >= 11 is 0. The Kier molecular flexibility index (Phi) is 3.84. The van der Waals surface area contributed by atoms with Gasteiger partial charge in [0.2, 0.25) is 0 Å². The largest absolute Gasteiger partial charge is 0.326 e. The van der Waals surface area contributed by atoms with Crippen LogP contribution in [0.1, 0.15) is 59.8 Å². The molecule has 2 unspecified atom stereocenters. The van der Waals surface area contributed by atoms with Crippen LogP contribution in [0.4, 0.5) is 0 Å². The van der Waals surface area contributed by atoms with E-state index in [9.17, 15) is 0 Å². The van der Waals surface area contributed by atoms with Crippen molar-refractivity contribution in [2.24, 2.45) is 17.1 Å². The number of nitrogens with two attached hydrogens (primary N) is 1. The predicted octanol–water partition coefficient (Wildman–Crippen LogP) is 3.01. The third-order valence-electron chi connectivity index (χ3n) is 4.67. The van der Waals surface area contributed by atoms with Gasteiger partial charge in [-0.1, -0.05) is 13.8 Å². The number of hydrogen-bond donors (Lipinski definition) is 1. The highest BCUT2D eigenvalue weighted by atomic mass is 15.2. The molecule has 2 atom stereocenters. The molecule has 0 heterocycles. The Morgan fingerprint density at radius 1 is 1.24 bits per heavy atom. The van der Waals surface area contributed by atoms with E-state index in [0.29, 0.717) is 23.5 Å². The molecule has 2 rings (SSSR count). The van der Waals surface area contributed by atoms with Gasteiger partial charge in [0.1, 0.15) is 0 Å². The molecule has 2 aliphatic rings. The minimum absolute atomic E-state index is 0.393. The summed E-state index contributed by atoms with van der Waals surface area (Å²) in [4.78, 5) is 2.70. The van der Waals surface area contributed by atoms with E-state index >= 15 is 0 Å². The molecule has 100 valence electrons. The highest BCUT2D eigenvalue weighted by Gasteiger charge is 2.38. The Morgan fingerprint density at radius 2 is 1.88 bits per heavy atom. The molecule has 17 heavy (non-hydrogen) atoms. The SMILES string of the molecule is CC(C)N(CC1CC1)C1CC(C)(C)CCC1N. The van der Waals surface area contributed by atoms with E-state index in [0.717, 1.165) is 5.92 Å². The summed E-state index contributed by atoms with van der Waals surface area (Å²) in [5.74, 6) is 0.967. The highest BCUT2D eigenvalue weighted by Crippen LogP contribution is 2.39. The number of rotatable bonds is 4. The normalized spacial score (nSPS) is 33.4. The lowest BCUT2D eigenvalue weighted by Crippen LogP contribution is -2.55. The maximum absolute atomic E-state index is 6.39. The van der Waals surface area contributed by atoms with Crippen LogP contribution < -0.4 is 5.73 Å². The molecular weight excluding hydrogens is 208 g/mol. The average Bonchev–Trinajstić information content (AvgIpc) is 3.02. The summed E-state index contributed by atoms with van der Waals surface area (Å²) in [5, 5.41) is 0. The predicted molar refractivity (Wildman–Crippen MR) is 74.0 cm³/mol. The van der Waals surface area contributed by atoms with Gasteiger partial charge in [-0.05, 0) is 57.3 Å². The van der Waals surface area contributed by atoms with Crippen molar-refractivity contribution in [1.29, 1.82) is 0 Å². The van der Waals surface area contributed by atoms with Crippen molar-refractivity contribution < 1.29 is 0 Å². The molecular formula is C15H30N2. The molecule has 2 nitrogen and oxygen atoms in total. The lowest BCUT2D eigenvalue weighted by atomic mass is 9.72. The van der Waals surface area contributed by atoms with Gasteiger partial charge >= 0.3 is 0 Å². The van der Waals surface area contributed by atoms with Gasteiger partial charge in [0.15, 0.2) is 0 Å². The van der Waals surface area contributed by atoms with Crippen molar-refractivity contribution in [2.45, 2.75) is 77.9 Å². The van der Waals surface area contributed by atoms with Gasteiger partial charge in [-0.2, -0.15) is 0 Å². The summed E-state index contributed by atoms with van der Waals surface area (Å²) in [7, 11) is 0. The van der Waals surface area contributed by atoms with Crippen molar-refractivity contribution in [3.63, 3.8) is 0 Å². The van der Waals surface area contributed by atoms with Crippen LogP contribution in [0.2, 0.25) is 0 Å². The third-order valence-corrected chi connectivity index (χ3v) is 4.67. The monoisotopic (exact) mass is 238 g/mol. The molecule has 2 N–H and O–H groups in total. The van der Waals surface area contributed by atoms with Crippen molar-refractivity contribution in [2.75, 3.05) is 6.54 Å². The fourth-order valence-electron chi connectivity index (χ4n) is 3.26. The van der Waals surface area contributed by atoms with Gasteiger partial charge in [0.05, 0.1) is 0 Å². The van der Waals surface area contributed by atoms with E-state index < -0.39 is 0 Å². The van der Waals surface area contributed by atoms with E-state index in [2.05, 4.69) is 32.6 Å². The zero-order valence-electron chi connectivity index (χ0n) is 12.1. The second-order valence-electron chi connectivity index (χ2n) is 7.37. The summed E-state index contributed by atoms with van der Waals surface area (Å²) in [5.41, 5.74) is 6.88. The second-order valence-corrected chi connectivity index (χ2v) is 7.37. The Morgan fingerprint density at radius 3 is 2.41 bits per heavy atom. The quantitative estimate of drug-likeness (QED) is 0.816. The third kappa shape index (κ3) is 3.45. The van der Waals surface area contributed by atoms with Crippen LogP contribution in [0, 0.1) is 11.3 Å². The maximum atomic E-state index is 6.39. The van der Waals surface area contributed by atoms with Gasteiger partial charge in [0, 0.05) is 24.7 Å². The fraction of sp³-hybridized carbons (Fsp3) is 1.00. The summed E-state index contributed by atoms with van der Waals surface area (Å²) in [6.07, 6.45) is 6.65. The van der Waals surface area contributed by atoms with Crippen molar-refractivity contribution in [3.8, 4) is 0 Å². The Balaban J connectivity index is 2.03. The molecule has 2 heteroatoms. The second kappa shape index (κ2) is 4.89. The Hall–Kier alpha value is -0.0800. The minimum Gasteiger partial charge on any atom is -0.326 e. The number of nitrogens with zero attached hydrogens (tertiary/aromatic N) is 1. The van der Waals surface area contributed by atoms with E-state index in [1.807, 2.05) is 0 Å². The molecule has 0 saturated heterocycles. The summed E-state index contributed by atoms with van der Waals surface area (Å²) in [6.45, 7) is 10.8. The lowest BCUT2D eigenvalue weighted by Gasteiger charge is -2.46. The molecule has 2 fully saturated rings. The molecule has 2 aliphatic carbocycles. The Labute approximate surface area is 107 Å². The van der Waals surface area contributed by atoms with Gasteiger partial charge in [-0.25, -0.2) is 0 Å². The molecule has 0 radical (unpaired) electrons. The van der Waals surface area contributed by atoms with Gasteiger partial charge in [-0.15, -0.1) is 0 Å². The maximum Gasteiger partial charge on any atom is 0.0255 e. The van der Waals surface area contributed by atoms with Crippen LogP contribution in [-0.4, -0.2) is 29.6 Å². The minimum atomic E-state index is 0.393. The van der Waals surface area contributed by atoms with E-state index in [1.54, 1.807) is 0 Å². The molecule has 0 bridgehead atoms. The smallest absolute Gasteiger partial charge is 0.0255 e. The van der Waals surface area contributed by atoms with Crippen molar-refractivity contribution >= 4 is 0 Å². The molecule has 0 aliphatic heterocycles. The van der Waals surface area contributed by atoms with Gasteiger partial charge < -0.3 is 5.73 Å². The standard InChI is InChI=1S/C15H30N2/c1-11(2)17(10-12-5-6-12)14-9-15(3,4)8-7-13(14)16/h11-14H,5-10,16H2,1-4H3. The molecule has 0 aromatic rings. The number of hydrogen-bond acceptors (Lipinski definition) is 2. The first-order valence-electron chi connectivity index (χ1n) is 7.40. The van der Waals surface area contributed by atoms with Gasteiger partial charge in [-0.3, -0.25) is 4.90 Å². The van der Waals surface area contributed by atoms with Gasteiger partial charge in [0.25, 0.3) is 0 Å². The molecule has 0 spiro atoms. The molecule has 0 aromatic carbocycles. The highest BCUT2D eigenvalue weighted by molar-refractivity contribution is 4.95. The van der Waals surface area contributed by atoms with Crippen molar-refractivity contribution in [3.05, 3.63) is 0 Å². The van der Waals surface area contributed by atoms with E-state index in [-0.39, 0.29) is 0 Å². The van der Waals surface area contributed by atoms with Crippen LogP contribution in [-0.2, 0) is 0 Å². The van der Waals surface area contributed by atoms with E-state index in [4.69, 9.17) is 5.73 Å². The zero-order chi connectivity index (χ0) is 12.6. The van der Waals surface area contributed by atoms with Crippen LogP contribution in [0.25, 0.3) is 0 Å². The Bertz CT molecular complexity index is 256. The fourth-order valence-corrected chi connectivity index (χ4v) is 3.26. The topological polar surface area (TPSA) is 29.3 Å².